The number of benzene rings is 1. The van der Waals surface area contributed by atoms with Gasteiger partial charge >= 0.3 is 5.69 Å². The number of alkyl halides is 1. The van der Waals surface area contributed by atoms with Crippen LogP contribution in [0.5, 0.6) is 5.75 Å². The number of nitro groups is 1. The van der Waals surface area contributed by atoms with Gasteiger partial charge in [0, 0.05) is 11.1 Å². The topological polar surface area (TPSA) is 69.4 Å². The molecule has 1 rings (SSSR count). The smallest absolute Gasteiger partial charge is 0.321 e. The molecule has 1 aromatic rings. The molecule has 1 aromatic carbocycles. The Morgan fingerprint density at radius 2 is 2.25 bits per heavy atom. The van der Waals surface area contributed by atoms with Crippen molar-refractivity contribution >= 4 is 39.0 Å². The average molecular weight is 309 g/mol. The lowest BCUT2D eigenvalue weighted by Gasteiger charge is -2.06. The Bertz CT molecular complexity index is 449. The maximum atomic E-state index is 11.5. The van der Waals surface area contributed by atoms with Crippen molar-refractivity contribution in [1.29, 1.82) is 0 Å². The van der Waals surface area contributed by atoms with Crippen molar-refractivity contribution in [2.24, 2.45) is 0 Å². The van der Waals surface area contributed by atoms with Crippen LogP contribution < -0.4 is 4.74 Å². The molecule has 5 nitrogen and oxygen atoms in total. The van der Waals surface area contributed by atoms with Crippen LogP contribution in [0.15, 0.2) is 12.1 Å². The highest BCUT2D eigenvalue weighted by Crippen LogP contribution is 2.34. The van der Waals surface area contributed by atoms with Crippen molar-refractivity contribution < 1.29 is 14.5 Å². The molecule has 0 heterocycles. The molecule has 0 aliphatic rings. The normalized spacial score (nSPS) is 9.94. The molecule has 0 unspecified atom stereocenters. The number of ketones is 1. The van der Waals surface area contributed by atoms with E-state index >= 15 is 0 Å². The van der Waals surface area contributed by atoms with E-state index in [-0.39, 0.29) is 27.4 Å². The van der Waals surface area contributed by atoms with Gasteiger partial charge in [-0.05, 0) is 6.07 Å². The first-order chi connectivity index (χ1) is 7.51. The number of hydrogen-bond acceptors (Lipinski definition) is 4. The van der Waals surface area contributed by atoms with Crippen LogP contribution >= 0.6 is 27.5 Å². The van der Waals surface area contributed by atoms with Crippen molar-refractivity contribution in [3.8, 4) is 5.75 Å². The largest absolute Gasteiger partial charge is 0.490 e. The molecule has 16 heavy (non-hydrogen) atoms. The van der Waals surface area contributed by atoms with E-state index in [0.717, 1.165) is 0 Å². The van der Waals surface area contributed by atoms with Crippen LogP contribution in [0.1, 0.15) is 10.4 Å². The summed E-state index contributed by atoms with van der Waals surface area (Å²) in [6, 6.07) is 2.55. The molecule has 0 fully saturated rings. The van der Waals surface area contributed by atoms with E-state index < -0.39 is 10.7 Å². The molecule has 7 heteroatoms. The summed E-state index contributed by atoms with van der Waals surface area (Å²) in [5, 5.41) is 11.0. The molecule has 0 atom stereocenters. The van der Waals surface area contributed by atoms with Crippen LogP contribution in [-0.4, -0.2) is 23.1 Å². The molecule has 0 N–H and O–H groups in total. The molecule has 0 radical (unpaired) electrons. The fourth-order valence-electron chi connectivity index (χ4n) is 1.20. The van der Waals surface area contributed by atoms with E-state index in [1.807, 2.05) is 0 Å². The van der Waals surface area contributed by atoms with Gasteiger partial charge in [-0.3, -0.25) is 14.9 Å². The molecule has 0 aromatic heterocycles. The molecule has 0 bridgehead atoms. The Labute approximate surface area is 105 Å². The second-order valence-electron chi connectivity index (χ2n) is 2.82. The molecule has 0 spiro atoms. The van der Waals surface area contributed by atoms with Crippen LogP contribution in [0.25, 0.3) is 0 Å². The first-order valence-corrected chi connectivity index (χ1v) is 5.62. The van der Waals surface area contributed by atoms with E-state index in [1.165, 1.54) is 19.2 Å². The summed E-state index contributed by atoms with van der Waals surface area (Å²) in [7, 11) is 1.28. The van der Waals surface area contributed by atoms with Crippen LogP contribution in [-0.2, 0) is 0 Å². The van der Waals surface area contributed by atoms with E-state index in [4.69, 9.17) is 16.3 Å². The van der Waals surface area contributed by atoms with Gasteiger partial charge in [-0.25, -0.2) is 0 Å². The van der Waals surface area contributed by atoms with E-state index in [9.17, 15) is 14.9 Å². The zero-order valence-electron chi connectivity index (χ0n) is 8.20. The number of nitrogens with zero attached hydrogens (tertiary/aromatic N) is 1. The van der Waals surface area contributed by atoms with Crippen molar-refractivity contribution in [3.63, 3.8) is 0 Å². The Kier molecular flexibility index (Phi) is 4.26. The number of methoxy groups -OCH3 is 1. The van der Waals surface area contributed by atoms with Gasteiger partial charge in [0.2, 0.25) is 0 Å². The summed E-state index contributed by atoms with van der Waals surface area (Å²) < 4.78 is 4.83. The minimum absolute atomic E-state index is 0.0165. The molecular formula is C9H7BrClNO4. The van der Waals surface area contributed by atoms with E-state index in [2.05, 4.69) is 15.9 Å². The lowest BCUT2D eigenvalue weighted by Crippen LogP contribution is -2.06. The summed E-state index contributed by atoms with van der Waals surface area (Å²) in [5.74, 6) is -0.450. The fraction of sp³-hybridized carbons (Fsp3) is 0.222. The van der Waals surface area contributed by atoms with Gasteiger partial charge in [-0.15, -0.1) is 0 Å². The molecule has 0 aliphatic heterocycles. The van der Waals surface area contributed by atoms with Gasteiger partial charge < -0.3 is 4.74 Å². The van der Waals surface area contributed by atoms with Gasteiger partial charge in [0.1, 0.15) is 5.56 Å². The third kappa shape index (κ3) is 2.51. The van der Waals surface area contributed by atoms with E-state index in [0.29, 0.717) is 0 Å². The number of halogens is 2. The van der Waals surface area contributed by atoms with E-state index in [1.54, 1.807) is 0 Å². The Morgan fingerprint density at radius 1 is 1.62 bits per heavy atom. The SMILES string of the molecule is COc1cc(Cl)cc(C(=O)CBr)c1[N+](=O)[O-]. The maximum Gasteiger partial charge on any atom is 0.321 e. The lowest BCUT2D eigenvalue weighted by molar-refractivity contribution is -0.386. The Hall–Kier alpha value is -1.14. The average Bonchev–Trinajstić information content (AvgIpc) is 2.26. The molecular weight excluding hydrogens is 301 g/mol. The third-order valence-corrected chi connectivity index (χ3v) is 2.59. The predicted octanol–water partition coefficient (Wildman–Crippen LogP) is 2.83. The predicted molar refractivity (Wildman–Crippen MR) is 62.8 cm³/mol. The molecule has 0 amide bonds. The monoisotopic (exact) mass is 307 g/mol. The molecule has 86 valence electrons. The summed E-state index contributed by atoms with van der Waals surface area (Å²) in [6.07, 6.45) is 0. The maximum absolute atomic E-state index is 11.5. The highest BCUT2D eigenvalue weighted by molar-refractivity contribution is 9.09. The minimum Gasteiger partial charge on any atom is -0.490 e. The number of nitro benzene ring substituents is 1. The van der Waals surface area contributed by atoms with Gasteiger partial charge in [-0.1, -0.05) is 27.5 Å². The standard InChI is InChI=1S/C9H7BrClNO4/c1-16-8-3-5(11)2-6(7(13)4-10)9(8)12(14)15/h2-3H,4H2,1H3. The number of Topliss-reactive ketones (excluding diaryl/α,β-unsaturated/α-hetero) is 1. The quantitative estimate of drug-likeness (QED) is 0.371. The number of carbonyl (C=O) groups is 1. The van der Waals surface area contributed by atoms with Gasteiger partial charge in [0.25, 0.3) is 0 Å². The fourth-order valence-corrected chi connectivity index (χ4v) is 1.71. The highest BCUT2D eigenvalue weighted by Gasteiger charge is 2.25. The summed E-state index contributed by atoms with van der Waals surface area (Å²) in [5.41, 5.74) is -0.428. The van der Waals surface area contributed by atoms with Crippen LogP contribution in [0.3, 0.4) is 0 Å². The third-order valence-electron chi connectivity index (χ3n) is 1.86. The second-order valence-corrected chi connectivity index (χ2v) is 3.82. The van der Waals surface area contributed by atoms with Crippen molar-refractivity contribution in [3.05, 3.63) is 32.8 Å². The van der Waals surface area contributed by atoms with Crippen molar-refractivity contribution in [2.75, 3.05) is 12.4 Å². The zero-order valence-corrected chi connectivity index (χ0v) is 10.5. The molecule has 0 saturated heterocycles. The van der Waals surface area contributed by atoms with Crippen molar-refractivity contribution in [1.82, 2.24) is 0 Å². The highest BCUT2D eigenvalue weighted by atomic mass is 79.9. The Morgan fingerprint density at radius 3 is 2.69 bits per heavy atom. The number of carbonyl (C=O) groups excluding carboxylic acids is 1. The van der Waals surface area contributed by atoms with Gasteiger partial charge in [-0.2, -0.15) is 0 Å². The number of ether oxygens (including phenoxy) is 1. The minimum atomic E-state index is -0.662. The summed E-state index contributed by atoms with van der Waals surface area (Å²) in [4.78, 5) is 21.7. The van der Waals surface area contributed by atoms with Gasteiger partial charge in [0.05, 0.1) is 17.4 Å². The van der Waals surface area contributed by atoms with Crippen molar-refractivity contribution in [2.45, 2.75) is 0 Å². The summed E-state index contributed by atoms with van der Waals surface area (Å²) >= 11 is 8.69. The lowest BCUT2D eigenvalue weighted by atomic mass is 10.1. The Balaban J connectivity index is 3.50. The first kappa shape index (κ1) is 12.9. The molecule has 0 saturated carbocycles. The number of hydrogen-bond donors (Lipinski definition) is 0. The zero-order chi connectivity index (χ0) is 12.3. The van der Waals surface area contributed by atoms with Crippen LogP contribution in [0.2, 0.25) is 5.02 Å². The second kappa shape index (κ2) is 5.27. The molecule has 0 aliphatic carbocycles. The van der Waals surface area contributed by atoms with Gasteiger partial charge in [0.15, 0.2) is 11.5 Å². The first-order valence-electron chi connectivity index (χ1n) is 4.12. The van der Waals surface area contributed by atoms with Crippen LogP contribution in [0, 0.1) is 10.1 Å². The summed E-state index contributed by atoms with van der Waals surface area (Å²) in [6.45, 7) is 0. The van der Waals surface area contributed by atoms with Crippen LogP contribution in [0.4, 0.5) is 5.69 Å². The number of rotatable bonds is 4.